The Morgan fingerprint density at radius 2 is 2.23 bits per heavy atom. The highest BCUT2D eigenvalue weighted by Crippen LogP contribution is 2.26. The van der Waals surface area contributed by atoms with Crippen LogP contribution in [0.2, 0.25) is 0 Å². The van der Waals surface area contributed by atoms with E-state index in [1.165, 1.54) is 0 Å². The van der Waals surface area contributed by atoms with E-state index in [1.807, 2.05) is 51.1 Å². The maximum absolute atomic E-state index is 12.7. The molecule has 1 aliphatic rings. The average Bonchev–Trinajstić information content (AvgIpc) is 3.41. The van der Waals surface area contributed by atoms with Crippen molar-refractivity contribution >= 4 is 39.2 Å². The molecule has 3 heterocycles. The van der Waals surface area contributed by atoms with Crippen LogP contribution in [0.1, 0.15) is 34.8 Å². The fraction of sp³-hybridized carbons (Fsp3) is 0.348. The summed E-state index contributed by atoms with van der Waals surface area (Å²) in [5.41, 5.74) is 4.65. The molecule has 1 atom stereocenters. The Bertz CT molecular complexity index is 1180. The second-order valence-electron chi connectivity index (χ2n) is 7.61. The van der Waals surface area contributed by atoms with E-state index in [0.717, 1.165) is 58.2 Å². The van der Waals surface area contributed by atoms with E-state index in [2.05, 4.69) is 14.9 Å². The van der Waals surface area contributed by atoms with Gasteiger partial charge >= 0.3 is 0 Å². The van der Waals surface area contributed by atoms with Gasteiger partial charge in [0, 0.05) is 30.2 Å². The summed E-state index contributed by atoms with van der Waals surface area (Å²) in [6.45, 7) is 7.63. The van der Waals surface area contributed by atoms with Crippen molar-refractivity contribution in [3.8, 4) is 6.07 Å². The van der Waals surface area contributed by atoms with E-state index >= 15 is 0 Å². The quantitative estimate of drug-likeness (QED) is 0.477. The zero-order valence-corrected chi connectivity index (χ0v) is 18.2. The van der Waals surface area contributed by atoms with Crippen LogP contribution in [0.15, 0.2) is 29.8 Å². The molecule has 30 heavy (non-hydrogen) atoms. The standard InChI is InChI=1S/C23H24N4O2S/c1-14-9-17(15(2)27(14)13-20-5-4-8-29-20)10-18(12-24)23(28)26-19-6-7-21-22(11-19)30-16(3)25-21/h6-7,9-11,20H,4-5,8,13H2,1-3H3,(H,26,28)/b18-10+/t20-/m1/s1. The number of nitrogens with one attached hydrogen (secondary N) is 1. The molecule has 2 aromatic heterocycles. The molecule has 7 heteroatoms. The fourth-order valence-electron chi connectivity index (χ4n) is 3.87. The Morgan fingerprint density at radius 3 is 2.97 bits per heavy atom. The summed E-state index contributed by atoms with van der Waals surface area (Å²) < 4.78 is 8.97. The van der Waals surface area contributed by atoms with E-state index in [0.29, 0.717) is 5.69 Å². The summed E-state index contributed by atoms with van der Waals surface area (Å²) in [7, 11) is 0. The van der Waals surface area contributed by atoms with Crippen LogP contribution in [0.5, 0.6) is 0 Å². The number of hydrogen-bond acceptors (Lipinski definition) is 5. The van der Waals surface area contributed by atoms with E-state index in [-0.39, 0.29) is 11.7 Å². The van der Waals surface area contributed by atoms with Crippen molar-refractivity contribution in [3.63, 3.8) is 0 Å². The maximum atomic E-state index is 12.7. The molecule has 0 aliphatic carbocycles. The minimum atomic E-state index is -0.415. The number of aromatic nitrogens is 2. The van der Waals surface area contributed by atoms with Gasteiger partial charge in [0.15, 0.2) is 0 Å². The Kier molecular flexibility index (Phi) is 5.71. The first-order chi connectivity index (χ1) is 14.4. The van der Waals surface area contributed by atoms with Gasteiger partial charge in [-0.25, -0.2) is 4.98 Å². The maximum Gasteiger partial charge on any atom is 0.266 e. The molecule has 0 radical (unpaired) electrons. The van der Waals surface area contributed by atoms with Gasteiger partial charge in [0.2, 0.25) is 0 Å². The minimum absolute atomic E-state index is 0.0768. The number of aryl methyl sites for hydroxylation is 2. The van der Waals surface area contributed by atoms with Crippen LogP contribution < -0.4 is 5.32 Å². The lowest BCUT2D eigenvalue weighted by Gasteiger charge is -2.14. The number of amides is 1. The lowest BCUT2D eigenvalue weighted by Crippen LogP contribution is -2.17. The average molecular weight is 421 g/mol. The number of nitriles is 1. The van der Waals surface area contributed by atoms with Crippen molar-refractivity contribution in [2.75, 3.05) is 11.9 Å². The second kappa shape index (κ2) is 8.42. The van der Waals surface area contributed by atoms with Crippen LogP contribution in [0.25, 0.3) is 16.3 Å². The zero-order valence-electron chi connectivity index (χ0n) is 17.4. The predicted molar refractivity (Wildman–Crippen MR) is 119 cm³/mol. The normalized spacial score (nSPS) is 16.7. The van der Waals surface area contributed by atoms with Crippen LogP contribution in [-0.4, -0.2) is 28.2 Å². The van der Waals surface area contributed by atoms with Gasteiger partial charge in [-0.2, -0.15) is 5.26 Å². The summed E-state index contributed by atoms with van der Waals surface area (Å²) in [6.07, 6.45) is 4.06. The second-order valence-corrected chi connectivity index (χ2v) is 8.85. The van der Waals surface area contributed by atoms with E-state index in [9.17, 15) is 10.1 Å². The first-order valence-electron chi connectivity index (χ1n) is 10.0. The van der Waals surface area contributed by atoms with E-state index in [1.54, 1.807) is 17.4 Å². The van der Waals surface area contributed by atoms with Crippen LogP contribution in [-0.2, 0) is 16.1 Å². The van der Waals surface area contributed by atoms with Gasteiger partial charge in [0.25, 0.3) is 5.91 Å². The van der Waals surface area contributed by atoms with Gasteiger partial charge in [-0.15, -0.1) is 11.3 Å². The number of hydrogen-bond donors (Lipinski definition) is 1. The summed E-state index contributed by atoms with van der Waals surface area (Å²) in [5.74, 6) is -0.415. The summed E-state index contributed by atoms with van der Waals surface area (Å²) >= 11 is 1.57. The molecule has 1 N–H and O–H groups in total. The molecular weight excluding hydrogens is 396 g/mol. The lowest BCUT2D eigenvalue weighted by atomic mass is 10.1. The molecular formula is C23H24N4O2S. The van der Waals surface area contributed by atoms with Crippen molar-refractivity contribution in [2.24, 2.45) is 0 Å². The predicted octanol–water partition coefficient (Wildman–Crippen LogP) is 4.75. The number of anilines is 1. The summed E-state index contributed by atoms with van der Waals surface area (Å²) in [4.78, 5) is 17.2. The first kappa shape index (κ1) is 20.3. The topological polar surface area (TPSA) is 79.9 Å². The third kappa shape index (κ3) is 4.16. The molecule has 1 aromatic carbocycles. The van der Waals surface area contributed by atoms with Crippen LogP contribution in [0.3, 0.4) is 0 Å². The van der Waals surface area contributed by atoms with Gasteiger partial charge in [-0.1, -0.05) is 0 Å². The largest absolute Gasteiger partial charge is 0.376 e. The van der Waals surface area contributed by atoms with Gasteiger partial charge in [-0.05, 0) is 69.5 Å². The van der Waals surface area contributed by atoms with Crippen molar-refractivity contribution in [1.82, 2.24) is 9.55 Å². The Hall–Kier alpha value is -2.95. The van der Waals surface area contributed by atoms with Crippen LogP contribution in [0, 0.1) is 32.1 Å². The van der Waals surface area contributed by atoms with E-state index < -0.39 is 5.91 Å². The number of nitrogens with zero attached hydrogens (tertiary/aromatic N) is 3. The Morgan fingerprint density at radius 1 is 1.40 bits per heavy atom. The van der Waals surface area contributed by atoms with Gasteiger partial charge in [-0.3, -0.25) is 4.79 Å². The van der Waals surface area contributed by atoms with E-state index in [4.69, 9.17) is 4.74 Å². The van der Waals surface area contributed by atoms with Crippen LogP contribution >= 0.6 is 11.3 Å². The molecule has 1 saturated heterocycles. The molecule has 0 unspecified atom stereocenters. The number of carbonyl (C=O) groups excluding carboxylic acids is 1. The molecule has 6 nitrogen and oxygen atoms in total. The van der Waals surface area contributed by atoms with Gasteiger partial charge < -0.3 is 14.6 Å². The molecule has 3 aromatic rings. The lowest BCUT2D eigenvalue weighted by molar-refractivity contribution is -0.112. The number of rotatable bonds is 5. The molecule has 0 bridgehead atoms. The van der Waals surface area contributed by atoms with Crippen molar-refractivity contribution in [3.05, 3.63) is 51.8 Å². The SMILES string of the molecule is Cc1nc2ccc(NC(=O)/C(C#N)=C/c3cc(C)n(C[C@H]4CCCO4)c3C)cc2s1. The molecule has 0 saturated carbocycles. The summed E-state index contributed by atoms with van der Waals surface area (Å²) in [6, 6.07) is 9.64. The third-order valence-corrected chi connectivity index (χ3v) is 6.37. The number of thiazole rings is 1. The molecule has 1 amide bonds. The molecule has 4 rings (SSSR count). The van der Waals surface area contributed by atoms with Crippen molar-refractivity contribution in [2.45, 2.75) is 46.3 Å². The first-order valence-corrected chi connectivity index (χ1v) is 10.8. The molecule has 0 spiro atoms. The number of benzene rings is 1. The molecule has 1 aliphatic heterocycles. The third-order valence-electron chi connectivity index (χ3n) is 5.44. The monoisotopic (exact) mass is 420 g/mol. The smallest absolute Gasteiger partial charge is 0.266 e. The highest BCUT2D eigenvalue weighted by molar-refractivity contribution is 7.18. The molecule has 1 fully saturated rings. The zero-order chi connectivity index (χ0) is 21.3. The fourth-order valence-corrected chi connectivity index (χ4v) is 4.73. The number of ether oxygens (including phenoxy) is 1. The van der Waals surface area contributed by atoms with Crippen molar-refractivity contribution < 1.29 is 9.53 Å². The molecule has 154 valence electrons. The minimum Gasteiger partial charge on any atom is -0.376 e. The highest BCUT2D eigenvalue weighted by atomic mass is 32.1. The number of carbonyl (C=O) groups is 1. The van der Waals surface area contributed by atoms with Gasteiger partial charge in [0.05, 0.1) is 21.3 Å². The summed E-state index contributed by atoms with van der Waals surface area (Å²) in [5, 5.41) is 13.4. The number of fused-ring (bicyclic) bond motifs is 1. The van der Waals surface area contributed by atoms with Gasteiger partial charge in [0.1, 0.15) is 11.6 Å². The highest BCUT2D eigenvalue weighted by Gasteiger charge is 2.19. The Labute approximate surface area is 179 Å². The Balaban J connectivity index is 1.55. The van der Waals surface area contributed by atoms with Crippen LogP contribution in [0.4, 0.5) is 5.69 Å². The van der Waals surface area contributed by atoms with Crippen molar-refractivity contribution in [1.29, 1.82) is 5.26 Å².